The van der Waals surface area contributed by atoms with Gasteiger partial charge >= 0.3 is 0 Å². The van der Waals surface area contributed by atoms with Crippen molar-refractivity contribution in [2.75, 3.05) is 12.4 Å². The summed E-state index contributed by atoms with van der Waals surface area (Å²) in [7, 11) is 1.94. The molecule has 0 aromatic heterocycles. The molecule has 0 saturated carbocycles. The number of rotatable bonds is 4. The van der Waals surface area contributed by atoms with Crippen molar-refractivity contribution >= 4 is 11.8 Å². The van der Waals surface area contributed by atoms with Gasteiger partial charge in [-0.15, -0.1) is 0 Å². The van der Waals surface area contributed by atoms with Gasteiger partial charge in [0.25, 0.3) is 0 Å². The van der Waals surface area contributed by atoms with Crippen molar-refractivity contribution in [1.82, 2.24) is 0 Å². The van der Waals surface area contributed by atoms with Crippen LogP contribution < -0.4 is 5.32 Å². The Hall–Kier alpha value is -1.24. The van der Waals surface area contributed by atoms with Crippen LogP contribution >= 0.6 is 0 Å². The average Bonchev–Trinajstić information content (AvgIpc) is 2.39. The first-order valence-corrected chi connectivity index (χ1v) is 6.17. The van der Waals surface area contributed by atoms with E-state index in [2.05, 4.69) is 43.9 Å². The molecule has 0 aliphatic heterocycles. The molecule has 1 unspecified atom stereocenters. The molecule has 0 fully saturated rings. The second-order valence-corrected chi connectivity index (χ2v) is 3.61. The molecule has 0 saturated heterocycles. The van der Waals surface area contributed by atoms with Gasteiger partial charge in [0.15, 0.2) is 0 Å². The molecule has 0 spiro atoms. The maximum absolute atomic E-state index is 3.83. The van der Waals surface area contributed by atoms with Gasteiger partial charge in [-0.05, 0) is 35.6 Å². The van der Waals surface area contributed by atoms with Crippen molar-refractivity contribution < 1.29 is 1.43 Å². The van der Waals surface area contributed by atoms with E-state index in [1.807, 2.05) is 27.0 Å². The van der Waals surface area contributed by atoms with Crippen LogP contribution in [0.15, 0.2) is 24.8 Å². The zero-order valence-electron chi connectivity index (χ0n) is 11.3. The molecule has 1 N–H and O–H groups in total. The molecule has 0 amide bonds. The lowest BCUT2D eigenvalue weighted by Gasteiger charge is -2.12. The quantitative estimate of drug-likeness (QED) is 0.740. The fraction of sp³-hybridized carbons (Fsp3) is 0.467. The molecule has 0 radical (unpaired) electrons. The van der Waals surface area contributed by atoms with Crippen molar-refractivity contribution in [3.8, 4) is 0 Å². The van der Waals surface area contributed by atoms with E-state index in [1.54, 1.807) is 0 Å². The highest BCUT2D eigenvalue weighted by molar-refractivity contribution is 5.66. The van der Waals surface area contributed by atoms with Crippen molar-refractivity contribution in [2.45, 2.75) is 40.0 Å². The summed E-state index contributed by atoms with van der Waals surface area (Å²) in [5, 5.41) is 3.16. The van der Waals surface area contributed by atoms with E-state index in [-0.39, 0.29) is 1.43 Å². The fourth-order valence-corrected chi connectivity index (χ4v) is 1.52. The Labute approximate surface area is 102 Å². The van der Waals surface area contributed by atoms with Crippen molar-refractivity contribution in [3.63, 3.8) is 0 Å². The van der Waals surface area contributed by atoms with Crippen LogP contribution in [0.3, 0.4) is 0 Å². The lowest BCUT2D eigenvalue weighted by Crippen LogP contribution is -1.96. The Morgan fingerprint density at radius 3 is 2.50 bits per heavy atom. The Morgan fingerprint density at radius 1 is 1.44 bits per heavy atom. The average molecular weight is 221 g/mol. The van der Waals surface area contributed by atoms with Crippen LogP contribution in [0.5, 0.6) is 0 Å². The first-order chi connectivity index (χ1) is 7.72. The SMILES string of the molecule is C=Cc1cc(C(C)CC)ccc1NC.CC.[HH]. The minimum Gasteiger partial charge on any atom is -0.388 e. The number of hydrogen-bond donors (Lipinski definition) is 1. The summed E-state index contributed by atoms with van der Waals surface area (Å²) < 4.78 is 0. The Bertz CT molecular complexity index is 321. The summed E-state index contributed by atoms with van der Waals surface area (Å²) in [5.41, 5.74) is 3.72. The van der Waals surface area contributed by atoms with E-state index in [0.29, 0.717) is 5.92 Å². The molecule has 1 heteroatoms. The third kappa shape index (κ3) is 3.73. The van der Waals surface area contributed by atoms with Gasteiger partial charge in [0.05, 0.1) is 0 Å². The van der Waals surface area contributed by atoms with Gasteiger partial charge in [0.1, 0.15) is 0 Å². The van der Waals surface area contributed by atoms with Gasteiger partial charge in [-0.25, -0.2) is 0 Å². The monoisotopic (exact) mass is 221 g/mol. The van der Waals surface area contributed by atoms with E-state index in [9.17, 15) is 0 Å². The molecule has 16 heavy (non-hydrogen) atoms. The summed E-state index contributed by atoms with van der Waals surface area (Å²) in [5.74, 6) is 0.625. The highest BCUT2D eigenvalue weighted by atomic mass is 14.8. The minimum atomic E-state index is 0. The first kappa shape index (κ1) is 14.8. The molecule has 1 rings (SSSR count). The molecule has 0 bridgehead atoms. The molecule has 1 aromatic rings. The van der Waals surface area contributed by atoms with Gasteiger partial charge in [-0.3, -0.25) is 0 Å². The van der Waals surface area contributed by atoms with E-state index in [4.69, 9.17) is 0 Å². The van der Waals surface area contributed by atoms with Gasteiger partial charge in [0, 0.05) is 14.2 Å². The third-order valence-corrected chi connectivity index (χ3v) is 2.75. The molecule has 0 aliphatic carbocycles. The van der Waals surface area contributed by atoms with E-state index in [0.717, 1.165) is 5.69 Å². The molecule has 1 atom stereocenters. The normalized spacial score (nSPS) is 11.1. The predicted octanol–water partition coefficient (Wildman–Crippen LogP) is 5.16. The lowest BCUT2D eigenvalue weighted by molar-refractivity contribution is 0.733. The van der Waals surface area contributed by atoms with E-state index in [1.165, 1.54) is 17.5 Å². The van der Waals surface area contributed by atoms with Crippen molar-refractivity contribution in [2.24, 2.45) is 0 Å². The molecule has 1 aromatic carbocycles. The van der Waals surface area contributed by atoms with Gasteiger partial charge < -0.3 is 5.32 Å². The Morgan fingerprint density at radius 2 is 2.06 bits per heavy atom. The lowest BCUT2D eigenvalue weighted by atomic mass is 9.96. The number of anilines is 1. The maximum Gasteiger partial charge on any atom is 0.0411 e. The summed E-state index contributed by atoms with van der Waals surface area (Å²) in [6.45, 7) is 12.3. The summed E-state index contributed by atoms with van der Waals surface area (Å²) >= 11 is 0. The molecule has 0 heterocycles. The van der Waals surface area contributed by atoms with E-state index < -0.39 is 0 Å². The number of nitrogens with one attached hydrogen (secondary N) is 1. The summed E-state index contributed by atoms with van der Waals surface area (Å²) in [6.07, 6.45) is 3.08. The highest BCUT2D eigenvalue weighted by Crippen LogP contribution is 2.24. The molecule has 92 valence electrons. The summed E-state index contributed by atoms with van der Waals surface area (Å²) in [6, 6.07) is 6.53. The predicted molar refractivity (Wildman–Crippen MR) is 78.2 cm³/mol. The zero-order chi connectivity index (χ0) is 12.6. The summed E-state index contributed by atoms with van der Waals surface area (Å²) in [4.78, 5) is 0. The molecule has 1 nitrogen and oxygen atoms in total. The van der Waals surface area contributed by atoms with Gasteiger partial charge in [0.2, 0.25) is 0 Å². The smallest absolute Gasteiger partial charge is 0.0411 e. The Balaban J connectivity index is 0. The van der Waals surface area contributed by atoms with Crippen LogP contribution in [0.25, 0.3) is 6.08 Å². The number of benzene rings is 1. The number of hydrogen-bond acceptors (Lipinski definition) is 1. The van der Waals surface area contributed by atoms with E-state index >= 15 is 0 Å². The van der Waals surface area contributed by atoms with Gasteiger partial charge in [-0.2, -0.15) is 0 Å². The highest BCUT2D eigenvalue weighted by Gasteiger charge is 2.04. The molecular weight excluding hydrogens is 194 g/mol. The molecular formula is C15H27N. The van der Waals surface area contributed by atoms with Gasteiger partial charge in [-0.1, -0.05) is 46.4 Å². The fourth-order valence-electron chi connectivity index (χ4n) is 1.52. The van der Waals surface area contributed by atoms with Crippen LogP contribution in [0, 0.1) is 0 Å². The van der Waals surface area contributed by atoms with Crippen LogP contribution in [0.2, 0.25) is 0 Å². The standard InChI is InChI=1S/C13H19N.C2H6.H2/c1-5-10(3)12-7-8-13(14-4)11(6-2)9-12;1-2;/h6-10,14H,2,5H2,1,3-4H3;1-2H3;1H. The Kier molecular flexibility index (Phi) is 7.36. The molecule has 0 aliphatic rings. The van der Waals surface area contributed by atoms with Crippen molar-refractivity contribution in [3.05, 3.63) is 35.9 Å². The van der Waals surface area contributed by atoms with Crippen molar-refractivity contribution in [1.29, 1.82) is 0 Å². The third-order valence-electron chi connectivity index (χ3n) is 2.75. The van der Waals surface area contributed by atoms with Crippen LogP contribution in [0.1, 0.15) is 52.6 Å². The van der Waals surface area contributed by atoms with Crippen LogP contribution in [-0.2, 0) is 0 Å². The maximum atomic E-state index is 3.83. The minimum absolute atomic E-state index is 0. The zero-order valence-corrected chi connectivity index (χ0v) is 11.3. The second-order valence-electron chi connectivity index (χ2n) is 3.61. The second kappa shape index (κ2) is 7.98. The first-order valence-electron chi connectivity index (χ1n) is 6.17. The largest absolute Gasteiger partial charge is 0.388 e. The van der Waals surface area contributed by atoms with Crippen LogP contribution in [-0.4, -0.2) is 7.05 Å². The topological polar surface area (TPSA) is 12.0 Å². The van der Waals surface area contributed by atoms with Crippen LogP contribution in [0.4, 0.5) is 5.69 Å².